The predicted octanol–water partition coefficient (Wildman–Crippen LogP) is 4.02. The smallest absolute Gasteiger partial charge is 0.354 e. The molecule has 4 nitrogen and oxygen atoms in total. The minimum atomic E-state index is -0.315. The normalized spacial score (nSPS) is 14.5. The van der Waals surface area contributed by atoms with E-state index in [2.05, 4.69) is 16.4 Å². The number of para-hydroxylation sites is 1. The van der Waals surface area contributed by atoms with E-state index >= 15 is 0 Å². The van der Waals surface area contributed by atoms with Gasteiger partial charge in [0.05, 0.1) is 20.9 Å². The van der Waals surface area contributed by atoms with Crippen molar-refractivity contribution in [1.82, 2.24) is 9.55 Å². The van der Waals surface area contributed by atoms with Gasteiger partial charge < -0.3 is 5.32 Å². The maximum Gasteiger partial charge on any atom is 0.354 e. The molecule has 3 aromatic rings. The summed E-state index contributed by atoms with van der Waals surface area (Å²) >= 11 is 8.00. The number of anilines is 1. The van der Waals surface area contributed by atoms with Crippen molar-refractivity contribution >= 4 is 39.0 Å². The Bertz CT molecular complexity index is 927. The van der Waals surface area contributed by atoms with Gasteiger partial charge in [-0.05, 0) is 37.0 Å². The fourth-order valence-electron chi connectivity index (χ4n) is 2.64. The average Bonchev–Trinajstić information content (AvgIpc) is 3.27. The summed E-state index contributed by atoms with van der Waals surface area (Å²) in [6, 6.07) is 9.48. The number of halogens is 1. The SMILES string of the molecule is CNc1nc(=O)n(-c2ccccc2Cl)c2cc(C3CC3)sc12. The topological polar surface area (TPSA) is 46.9 Å². The molecule has 22 heavy (non-hydrogen) atoms. The summed E-state index contributed by atoms with van der Waals surface area (Å²) in [6.45, 7) is 0. The predicted molar refractivity (Wildman–Crippen MR) is 91.7 cm³/mol. The lowest BCUT2D eigenvalue weighted by Crippen LogP contribution is -2.22. The second-order valence-electron chi connectivity index (χ2n) is 5.42. The Morgan fingerprint density at radius 2 is 2.14 bits per heavy atom. The third kappa shape index (κ3) is 2.12. The number of hydrogen-bond donors (Lipinski definition) is 1. The monoisotopic (exact) mass is 331 g/mol. The molecular weight excluding hydrogens is 318 g/mol. The molecule has 1 aliphatic rings. The van der Waals surface area contributed by atoms with E-state index in [-0.39, 0.29) is 5.69 Å². The largest absolute Gasteiger partial charge is 0.372 e. The molecule has 0 unspecified atom stereocenters. The van der Waals surface area contributed by atoms with E-state index in [4.69, 9.17) is 11.6 Å². The van der Waals surface area contributed by atoms with Crippen LogP contribution in [0.4, 0.5) is 5.82 Å². The number of nitrogens with one attached hydrogen (secondary N) is 1. The second-order valence-corrected chi connectivity index (χ2v) is 6.91. The van der Waals surface area contributed by atoms with Crippen molar-refractivity contribution in [1.29, 1.82) is 0 Å². The molecule has 0 amide bonds. The van der Waals surface area contributed by atoms with Gasteiger partial charge in [-0.1, -0.05) is 23.7 Å². The molecule has 0 radical (unpaired) electrons. The number of thiophene rings is 1. The van der Waals surface area contributed by atoms with Crippen molar-refractivity contribution in [2.24, 2.45) is 0 Å². The molecule has 0 saturated heterocycles. The Labute approximate surface area is 136 Å². The highest BCUT2D eigenvalue weighted by atomic mass is 35.5. The minimum Gasteiger partial charge on any atom is -0.372 e. The van der Waals surface area contributed by atoms with E-state index in [0.29, 0.717) is 22.4 Å². The van der Waals surface area contributed by atoms with Crippen LogP contribution in [0.5, 0.6) is 0 Å². The molecule has 1 N–H and O–H groups in total. The molecule has 2 heterocycles. The lowest BCUT2D eigenvalue weighted by Gasteiger charge is -2.10. The highest BCUT2D eigenvalue weighted by Crippen LogP contribution is 2.46. The number of benzene rings is 1. The molecule has 0 bridgehead atoms. The summed E-state index contributed by atoms with van der Waals surface area (Å²) in [6.07, 6.45) is 2.46. The van der Waals surface area contributed by atoms with E-state index in [1.807, 2.05) is 18.2 Å². The summed E-state index contributed by atoms with van der Waals surface area (Å²) in [4.78, 5) is 18.0. The Hall–Kier alpha value is -1.85. The number of rotatable bonds is 3. The van der Waals surface area contributed by atoms with Crippen molar-refractivity contribution in [3.05, 3.63) is 50.7 Å². The van der Waals surface area contributed by atoms with E-state index < -0.39 is 0 Å². The van der Waals surface area contributed by atoms with E-state index in [0.717, 1.165) is 10.2 Å². The lowest BCUT2D eigenvalue weighted by molar-refractivity contribution is 0.963. The van der Waals surface area contributed by atoms with Crippen LogP contribution < -0.4 is 11.0 Å². The summed E-state index contributed by atoms with van der Waals surface area (Å²) in [5.41, 5.74) is 1.24. The third-order valence-electron chi connectivity index (χ3n) is 3.90. The van der Waals surface area contributed by atoms with Crippen molar-refractivity contribution in [2.45, 2.75) is 18.8 Å². The van der Waals surface area contributed by atoms with Crippen LogP contribution in [0, 0.1) is 0 Å². The summed E-state index contributed by atoms with van der Waals surface area (Å²) < 4.78 is 2.62. The second kappa shape index (κ2) is 5.11. The molecule has 4 rings (SSSR count). The molecule has 1 aliphatic carbocycles. The van der Waals surface area contributed by atoms with Crippen molar-refractivity contribution in [2.75, 3.05) is 12.4 Å². The van der Waals surface area contributed by atoms with Crippen LogP contribution in [0.3, 0.4) is 0 Å². The van der Waals surface area contributed by atoms with Crippen molar-refractivity contribution in [3.8, 4) is 5.69 Å². The average molecular weight is 332 g/mol. The van der Waals surface area contributed by atoms with Crippen LogP contribution in [-0.2, 0) is 0 Å². The van der Waals surface area contributed by atoms with E-state index in [1.54, 1.807) is 29.0 Å². The fraction of sp³-hybridized carbons (Fsp3) is 0.250. The van der Waals surface area contributed by atoms with Crippen molar-refractivity contribution < 1.29 is 0 Å². The Kier molecular flexibility index (Phi) is 3.20. The van der Waals surface area contributed by atoms with Gasteiger partial charge in [0.1, 0.15) is 0 Å². The van der Waals surface area contributed by atoms with Gasteiger partial charge in [-0.3, -0.25) is 4.57 Å². The van der Waals surface area contributed by atoms with Crippen LogP contribution in [0.15, 0.2) is 35.1 Å². The standard InChI is InChI=1S/C16H14ClN3OS/c1-18-15-14-12(8-13(22-14)9-6-7-9)20(16(21)19-15)11-5-3-2-4-10(11)17/h2-5,8-9H,6-7H2,1H3,(H,18,19,21). The Morgan fingerprint density at radius 1 is 1.36 bits per heavy atom. The summed E-state index contributed by atoms with van der Waals surface area (Å²) in [5.74, 6) is 1.28. The highest BCUT2D eigenvalue weighted by Gasteiger charge is 2.27. The number of aromatic nitrogens is 2. The van der Waals surface area contributed by atoms with Gasteiger partial charge in [-0.2, -0.15) is 4.98 Å². The van der Waals surface area contributed by atoms with Gasteiger partial charge in [0.2, 0.25) is 0 Å². The zero-order valence-corrected chi connectivity index (χ0v) is 13.5. The van der Waals surface area contributed by atoms with E-state index in [1.165, 1.54) is 17.7 Å². The van der Waals surface area contributed by atoms with Crippen LogP contribution in [-0.4, -0.2) is 16.6 Å². The van der Waals surface area contributed by atoms with Gasteiger partial charge in [0, 0.05) is 11.9 Å². The minimum absolute atomic E-state index is 0.315. The first-order valence-electron chi connectivity index (χ1n) is 7.18. The van der Waals surface area contributed by atoms with Gasteiger partial charge in [-0.15, -0.1) is 11.3 Å². The summed E-state index contributed by atoms with van der Waals surface area (Å²) in [7, 11) is 1.79. The molecule has 1 saturated carbocycles. The zero-order valence-electron chi connectivity index (χ0n) is 12.0. The van der Waals surface area contributed by atoms with Gasteiger partial charge in [0.15, 0.2) is 5.82 Å². The molecule has 6 heteroatoms. The number of nitrogens with zero attached hydrogens (tertiary/aromatic N) is 2. The van der Waals surface area contributed by atoms with Gasteiger partial charge in [-0.25, -0.2) is 4.79 Å². The zero-order chi connectivity index (χ0) is 15.3. The number of hydrogen-bond acceptors (Lipinski definition) is 4. The van der Waals surface area contributed by atoms with Crippen LogP contribution in [0.1, 0.15) is 23.6 Å². The van der Waals surface area contributed by atoms with Crippen LogP contribution in [0.2, 0.25) is 5.02 Å². The molecule has 2 aromatic heterocycles. The third-order valence-corrected chi connectivity index (χ3v) is 5.51. The molecule has 0 aliphatic heterocycles. The molecule has 0 atom stereocenters. The molecule has 1 fully saturated rings. The first kappa shape index (κ1) is 13.8. The van der Waals surface area contributed by atoms with E-state index in [9.17, 15) is 4.79 Å². The molecular formula is C16H14ClN3OS. The lowest BCUT2D eigenvalue weighted by atomic mass is 10.2. The maximum atomic E-state index is 12.5. The first-order valence-corrected chi connectivity index (χ1v) is 8.37. The van der Waals surface area contributed by atoms with Gasteiger partial charge >= 0.3 is 5.69 Å². The first-order chi connectivity index (χ1) is 10.7. The quantitative estimate of drug-likeness (QED) is 0.788. The molecule has 112 valence electrons. The summed E-state index contributed by atoms with van der Waals surface area (Å²) in [5, 5.41) is 3.58. The van der Waals surface area contributed by atoms with Crippen LogP contribution in [0.25, 0.3) is 15.9 Å². The van der Waals surface area contributed by atoms with Crippen molar-refractivity contribution in [3.63, 3.8) is 0 Å². The number of fused-ring (bicyclic) bond motifs is 1. The van der Waals surface area contributed by atoms with Crippen LogP contribution >= 0.6 is 22.9 Å². The Morgan fingerprint density at radius 3 is 2.82 bits per heavy atom. The fourth-order valence-corrected chi connectivity index (χ4v) is 4.17. The maximum absolute atomic E-state index is 12.5. The molecule has 0 spiro atoms. The highest BCUT2D eigenvalue weighted by molar-refractivity contribution is 7.19. The van der Waals surface area contributed by atoms with Gasteiger partial charge in [0.25, 0.3) is 0 Å². The Balaban J connectivity index is 2.07. The molecule has 1 aromatic carbocycles.